The number of morpholine rings is 1. The van der Waals surface area contributed by atoms with Gasteiger partial charge in [0.15, 0.2) is 0 Å². The molecular weight excluding hydrogens is 270 g/mol. The maximum absolute atomic E-state index is 12.1. The van der Waals surface area contributed by atoms with Crippen molar-refractivity contribution < 1.29 is 9.53 Å². The Hall–Kier alpha value is -1.73. The second-order valence-corrected chi connectivity index (χ2v) is 5.27. The van der Waals surface area contributed by atoms with Gasteiger partial charge in [0, 0.05) is 25.7 Å². The molecule has 1 aromatic heterocycles. The van der Waals surface area contributed by atoms with E-state index < -0.39 is 0 Å². The van der Waals surface area contributed by atoms with Gasteiger partial charge >= 0.3 is 0 Å². The van der Waals surface area contributed by atoms with Gasteiger partial charge in [-0.3, -0.25) is 4.79 Å². The molecular formula is C14H23N5O2. The lowest BCUT2D eigenvalue weighted by molar-refractivity contribution is 0.0947. The highest BCUT2D eigenvalue weighted by Crippen LogP contribution is 2.12. The maximum atomic E-state index is 12.1. The summed E-state index contributed by atoms with van der Waals surface area (Å²) >= 11 is 0. The summed E-state index contributed by atoms with van der Waals surface area (Å²) in [6.07, 6.45) is 2.36. The number of nitrogens with zero attached hydrogens (tertiary/aromatic N) is 4. The third-order valence-electron chi connectivity index (χ3n) is 3.29. The maximum Gasteiger partial charge on any atom is 0.270 e. The van der Waals surface area contributed by atoms with Crippen molar-refractivity contribution in [3.05, 3.63) is 18.1 Å². The van der Waals surface area contributed by atoms with Crippen molar-refractivity contribution in [2.45, 2.75) is 6.42 Å². The summed E-state index contributed by atoms with van der Waals surface area (Å²) in [4.78, 5) is 24.6. The third kappa shape index (κ3) is 4.95. The van der Waals surface area contributed by atoms with Crippen LogP contribution in [-0.4, -0.2) is 74.3 Å². The second kappa shape index (κ2) is 7.90. The average molecular weight is 293 g/mol. The van der Waals surface area contributed by atoms with Crippen LogP contribution in [0.1, 0.15) is 16.9 Å². The van der Waals surface area contributed by atoms with Crippen molar-refractivity contribution in [1.82, 2.24) is 20.2 Å². The Kier molecular flexibility index (Phi) is 5.89. The lowest BCUT2D eigenvalue weighted by atomic mass is 10.3. The van der Waals surface area contributed by atoms with Gasteiger partial charge in [0.2, 0.25) is 0 Å². The molecule has 0 aliphatic carbocycles. The molecule has 0 spiro atoms. The van der Waals surface area contributed by atoms with E-state index >= 15 is 0 Å². The Bertz CT molecular complexity index is 460. The molecule has 0 saturated carbocycles. The first-order valence-corrected chi connectivity index (χ1v) is 7.24. The predicted octanol–water partition coefficient (Wildman–Crippen LogP) is -0.00530. The smallest absolute Gasteiger partial charge is 0.270 e. The van der Waals surface area contributed by atoms with Crippen molar-refractivity contribution in [1.29, 1.82) is 0 Å². The molecule has 0 atom stereocenters. The Morgan fingerprint density at radius 3 is 2.86 bits per heavy atom. The van der Waals surface area contributed by atoms with Gasteiger partial charge in [-0.15, -0.1) is 0 Å². The molecule has 0 radical (unpaired) electrons. The van der Waals surface area contributed by atoms with E-state index in [-0.39, 0.29) is 5.91 Å². The summed E-state index contributed by atoms with van der Waals surface area (Å²) in [6.45, 7) is 4.56. The van der Waals surface area contributed by atoms with Gasteiger partial charge < -0.3 is 19.9 Å². The Morgan fingerprint density at radius 2 is 2.14 bits per heavy atom. The molecule has 116 valence electrons. The molecule has 1 saturated heterocycles. The summed E-state index contributed by atoms with van der Waals surface area (Å²) in [5, 5.41) is 2.89. The number of anilines is 1. The molecule has 21 heavy (non-hydrogen) atoms. The molecule has 1 amide bonds. The molecule has 1 aromatic rings. The fourth-order valence-electron chi connectivity index (χ4n) is 2.12. The van der Waals surface area contributed by atoms with Gasteiger partial charge in [0.05, 0.1) is 13.2 Å². The highest BCUT2D eigenvalue weighted by atomic mass is 16.5. The fourth-order valence-corrected chi connectivity index (χ4v) is 2.12. The quantitative estimate of drug-likeness (QED) is 0.744. The van der Waals surface area contributed by atoms with Gasteiger partial charge in [-0.1, -0.05) is 0 Å². The van der Waals surface area contributed by atoms with E-state index in [9.17, 15) is 4.79 Å². The highest BCUT2D eigenvalue weighted by Gasteiger charge is 2.15. The molecule has 7 heteroatoms. The van der Waals surface area contributed by atoms with Crippen molar-refractivity contribution in [2.24, 2.45) is 0 Å². The van der Waals surface area contributed by atoms with Gasteiger partial charge in [-0.25, -0.2) is 9.97 Å². The molecule has 7 nitrogen and oxygen atoms in total. The Labute approximate surface area is 125 Å². The molecule has 1 aliphatic heterocycles. The van der Waals surface area contributed by atoms with Crippen molar-refractivity contribution in [3.8, 4) is 0 Å². The Balaban J connectivity index is 1.88. The number of hydrogen-bond acceptors (Lipinski definition) is 6. The molecule has 0 aromatic carbocycles. The second-order valence-electron chi connectivity index (χ2n) is 5.27. The third-order valence-corrected chi connectivity index (χ3v) is 3.29. The van der Waals surface area contributed by atoms with Crippen LogP contribution in [0.15, 0.2) is 12.4 Å². The predicted molar refractivity (Wildman–Crippen MR) is 80.6 cm³/mol. The van der Waals surface area contributed by atoms with Crippen LogP contribution in [0.4, 0.5) is 5.82 Å². The van der Waals surface area contributed by atoms with Gasteiger partial charge in [0.25, 0.3) is 5.91 Å². The number of rotatable bonds is 6. The molecule has 2 rings (SSSR count). The first kappa shape index (κ1) is 15.7. The average Bonchev–Trinajstić information content (AvgIpc) is 2.52. The van der Waals surface area contributed by atoms with Gasteiger partial charge in [-0.05, 0) is 27.1 Å². The number of nitrogens with one attached hydrogen (secondary N) is 1. The first-order valence-electron chi connectivity index (χ1n) is 7.24. The zero-order valence-electron chi connectivity index (χ0n) is 12.7. The molecule has 1 N–H and O–H groups in total. The van der Waals surface area contributed by atoms with Crippen LogP contribution >= 0.6 is 0 Å². The van der Waals surface area contributed by atoms with Crippen LogP contribution in [0.3, 0.4) is 0 Å². The fraction of sp³-hybridized carbons (Fsp3) is 0.643. The lowest BCUT2D eigenvalue weighted by Gasteiger charge is -2.27. The molecule has 1 fully saturated rings. The zero-order valence-corrected chi connectivity index (χ0v) is 12.7. The highest BCUT2D eigenvalue weighted by molar-refractivity contribution is 5.92. The Morgan fingerprint density at radius 1 is 1.38 bits per heavy atom. The summed E-state index contributed by atoms with van der Waals surface area (Å²) < 4.78 is 5.32. The molecule has 0 unspecified atom stereocenters. The summed E-state index contributed by atoms with van der Waals surface area (Å²) in [5.41, 5.74) is 0.413. The number of carbonyl (C=O) groups excluding carboxylic acids is 1. The van der Waals surface area contributed by atoms with E-state index in [0.717, 1.165) is 31.9 Å². The molecule has 1 aliphatic rings. The SMILES string of the molecule is CN(C)CCCNC(=O)c1cc(N2CCOCC2)ncn1. The summed E-state index contributed by atoms with van der Waals surface area (Å²) in [6, 6.07) is 1.74. The number of amides is 1. The first-order chi connectivity index (χ1) is 10.2. The van der Waals surface area contributed by atoms with Crippen LogP contribution in [0.25, 0.3) is 0 Å². The van der Waals surface area contributed by atoms with E-state index in [2.05, 4.69) is 25.1 Å². The molecule has 0 bridgehead atoms. The van der Waals surface area contributed by atoms with E-state index in [1.165, 1.54) is 6.33 Å². The monoisotopic (exact) mass is 293 g/mol. The minimum absolute atomic E-state index is 0.148. The van der Waals surface area contributed by atoms with Crippen LogP contribution in [0, 0.1) is 0 Å². The van der Waals surface area contributed by atoms with E-state index in [0.29, 0.717) is 25.5 Å². The minimum Gasteiger partial charge on any atom is -0.378 e. The standard InChI is InChI=1S/C14H23N5O2/c1-18(2)5-3-4-15-14(20)12-10-13(17-11-16-12)19-6-8-21-9-7-19/h10-11H,3-9H2,1-2H3,(H,15,20). The summed E-state index contributed by atoms with van der Waals surface area (Å²) in [5.74, 6) is 0.636. The van der Waals surface area contributed by atoms with Crippen LogP contribution in [-0.2, 0) is 4.74 Å². The number of hydrogen-bond donors (Lipinski definition) is 1. The van der Waals surface area contributed by atoms with E-state index in [4.69, 9.17) is 4.74 Å². The van der Waals surface area contributed by atoms with Crippen LogP contribution < -0.4 is 10.2 Å². The number of carbonyl (C=O) groups is 1. The number of ether oxygens (including phenoxy) is 1. The normalized spacial score (nSPS) is 15.3. The minimum atomic E-state index is -0.148. The van der Waals surface area contributed by atoms with Crippen molar-refractivity contribution in [2.75, 3.05) is 58.4 Å². The van der Waals surface area contributed by atoms with Crippen LogP contribution in [0.2, 0.25) is 0 Å². The van der Waals surface area contributed by atoms with Crippen molar-refractivity contribution >= 4 is 11.7 Å². The van der Waals surface area contributed by atoms with Gasteiger partial charge in [-0.2, -0.15) is 0 Å². The van der Waals surface area contributed by atoms with Crippen molar-refractivity contribution in [3.63, 3.8) is 0 Å². The van der Waals surface area contributed by atoms with E-state index in [1.54, 1.807) is 6.07 Å². The zero-order chi connectivity index (χ0) is 15.1. The van der Waals surface area contributed by atoms with E-state index in [1.807, 2.05) is 14.1 Å². The largest absolute Gasteiger partial charge is 0.378 e. The molecule has 2 heterocycles. The number of aromatic nitrogens is 2. The lowest BCUT2D eigenvalue weighted by Crippen LogP contribution is -2.37. The van der Waals surface area contributed by atoms with Gasteiger partial charge in [0.1, 0.15) is 17.8 Å². The summed E-state index contributed by atoms with van der Waals surface area (Å²) in [7, 11) is 4.03. The van der Waals surface area contributed by atoms with Crippen LogP contribution in [0.5, 0.6) is 0 Å². The topological polar surface area (TPSA) is 70.6 Å².